The number of rotatable bonds is 2. The molecular formula is C13H17NO5. The largest absolute Gasteiger partial charge is 0.497 e. The van der Waals surface area contributed by atoms with Gasteiger partial charge in [0.15, 0.2) is 0 Å². The zero-order valence-corrected chi connectivity index (χ0v) is 10.6. The molecule has 1 aromatic rings. The summed E-state index contributed by atoms with van der Waals surface area (Å²) < 4.78 is 5.12. The zero-order chi connectivity index (χ0) is 14.3. The predicted octanol–water partition coefficient (Wildman–Crippen LogP) is 0.928. The van der Waals surface area contributed by atoms with Gasteiger partial charge in [-0.2, -0.15) is 0 Å². The molecule has 3 N–H and O–H groups in total. The monoisotopic (exact) mass is 267 g/mol. The molecule has 1 aliphatic heterocycles. The van der Waals surface area contributed by atoms with Gasteiger partial charge in [0.25, 0.3) is 0 Å². The summed E-state index contributed by atoms with van der Waals surface area (Å²) in [6, 6.07) is 8.40. The number of aliphatic carboxylic acids is 2. The number of hydrogen-bond acceptors (Lipinski definition) is 4. The molecule has 0 aromatic heterocycles. The molecule has 6 heteroatoms. The lowest BCUT2D eigenvalue weighted by Crippen LogP contribution is -2.09. The van der Waals surface area contributed by atoms with Gasteiger partial charge in [0, 0.05) is 6.54 Å². The zero-order valence-electron chi connectivity index (χ0n) is 10.6. The SMILES string of the molecule is COc1ccc(C2CCNC2)cc1.O=C(O)C(=O)O. The summed E-state index contributed by atoms with van der Waals surface area (Å²) in [5.74, 6) is -2.01. The van der Waals surface area contributed by atoms with Crippen molar-refractivity contribution in [2.45, 2.75) is 12.3 Å². The van der Waals surface area contributed by atoms with Crippen molar-refractivity contribution >= 4 is 11.9 Å². The fourth-order valence-corrected chi connectivity index (χ4v) is 1.82. The van der Waals surface area contributed by atoms with Crippen LogP contribution < -0.4 is 10.1 Å². The van der Waals surface area contributed by atoms with Gasteiger partial charge in [0.1, 0.15) is 5.75 Å². The maximum Gasteiger partial charge on any atom is 0.414 e. The molecule has 0 spiro atoms. The van der Waals surface area contributed by atoms with E-state index in [1.807, 2.05) is 12.1 Å². The van der Waals surface area contributed by atoms with Crippen LogP contribution in [-0.4, -0.2) is 42.4 Å². The highest BCUT2D eigenvalue weighted by atomic mass is 16.5. The Morgan fingerprint density at radius 2 is 1.79 bits per heavy atom. The van der Waals surface area contributed by atoms with E-state index in [2.05, 4.69) is 17.4 Å². The van der Waals surface area contributed by atoms with E-state index in [1.54, 1.807) is 7.11 Å². The second-order valence-corrected chi connectivity index (χ2v) is 4.07. The first-order valence-corrected chi connectivity index (χ1v) is 5.85. The summed E-state index contributed by atoms with van der Waals surface area (Å²) in [6.45, 7) is 2.27. The molecule has 0 radical (unpaired) electrons. The lowest BCUT2D eigenvalue weighted by Gasteiger charge is -2.08. The van der Waals surface area contributed by atoms with Gasteiger partial charge in [-0.1, -0.05) is 12.1 Å². The Balaban J connectivity index is 0.000000258. The first-order chi connectivity index (χ1) is 9.04. The van der Waals surface area contributed by atoms with Gasteiger partial charge in [-0.25, -0.2) is 9.59 Å². The second-order valence-electron chi connectivity index (χ2n) is 4.07. The van der Waals surface area contributed by atoms with Crippen LogP contribution in [0.3, 0.4) is 0 Å². The van der Waals surface area contributed by atoms with Crippen molar-refractivity contribution in [1.29, 1.82) is 0 Å². The Morgan fingerprint density at radius 3 is 2.16 bits per heavy atom. The van der Waals surface area contributed by atoms with Crippen molar-refractivity contribution in [2.75, 3.05) is 20.2 Å². The van der Waals surface area contributed by atoms with E-state index < -0.39 is 11.9 Å². The molecule has 0 aliphatic carbocycles. The van der Waals surface area contributed by atoms with Gasteiger partial charge in [0.05, 0.1) is 7.11 Å². The molecule has 1 aromatic carbocycles. The van der Waals surface area contributed by atoms with Crippen LogP contribution in [0.2, 0.25) is 0 Å². The van der Waals surface area contributed by atoms with Gasteiger partial charge in [-0.05, 0) is 36.6 Å². The number of nitrogens with one attached hydrogen (secondary N) is 1. The van der Waals surface area contributed by atoms with Crippen LogP contribution in [0.5, 0.6) is 5.75 Å². The molecule has 1 saturated heterocycles. The summed E-state index contributed by atoms with van der Waals surface area (Å²) in [5.41, 5.74) is 1.42. The Bertz CT molecular complexity index is 411. The summed E-state index contributed by atoms with van der Waals surface area (Å²) in [7, 11) is 1.70. The molecule has 1 aliphatic rings. The lowest BCUT2D eigenvalue weighted by molar-refractivity contribution is -0.159. The van der Waals surface area contributed by atoms with E-state index in [0.29, 0.717) is 5.92 Å². The van der Waals surface area contributed by atoms with Crippen molar-refractivity contribution in [1.82, 2.24) is 5.32 Å². The highest BCUT2D eigenvalue weighted by Crippen LogP contribution is 2.23. The van der Waals surface area contributed by atoms with E-state index >= 15 is 0 Å². The molecule has 1 atom stereocenters. The molecular weight excluding hydrogens is 250 g/mol. The van der Waals surface area contributed by atoms with Crippen molar-refractivity contribution in [3.63, 3.8) is 0 Å². The highest BCUT2D eigenvalue weighted by molar-refractivity contribution is 6.27. The van der Waals surface area contributed by atoms with Gasteiger partial charge in [-0.3, -0.25) is 0 Å². The first kappa shape index (κ1) is 15.0. The van der Waals surface area contributed by atoms with Gasteiger partial charge in [0.2, 0.25) is 0 Å². The maximum absolute atomic E-state index is 9.10. The van der Waals surface area contributed by atoms with Gasteiger partial charge in [-0.15, -0.1) is 0 Å². The van der Waals surface area contributed by atoms with Crippen LogP contribution in [-0.2, 0) is 9.59 Å². The normalized spacial score (nSPS) is 17.2. The summed E-state index contributed by atoms with van der Waals surface area (Å²) in [5, 5.41) is 18.2. The van der Waals surface area contributed by atoms with Crippen molar-refractivity contribution in [2.24, 2.45) is 0 Å². The molecule has 2 rings (SSSR count). The summed E-state index contributed by atoms with van der Waals surface area (Å²) in [4.78, 5) is 18.2. The van der Waals surface area contributed by atoms with Crippen LogP contribution in [0.25, 0.3) is 0 Å². The molecule has 0 saturated carbocycles. The van der Waals surface area contributed by atoms with E-state index in [-0.39, 0.29) is 0 Å². The number of benzene rings is 1. The highest BCUT2D eigenvalue weighted by Gasteiger charge is 2.15. The molecule has 19 heavy (non-hydrogen) atoms. The minimum Gasteiger partial charge on any atom is -0.497 e. The summed E-state index contributed by atoms with van der Waals surface area (Å²) >= 11 is 0. The number of carbonyl (C=O) groups is 2. The Morgan fingerprint density at radius 1 is 1.21 bits per heavy atom. The third-order valence-electron chi connectivity index (χ3n) is 2.83. The minimum absolute atomic E-state index is 0.700. The molecule has 1 unspecified atom stereocenters. The maximum atomic E-state index is 9.10. The smallest absolute Gasteiger partial charge is 0.414 e. The van der Waals surface area contributed by atoms with E-state index in [1.165, 1.54) is 12.0 Å². The Kier molecular flexibility index (Phi) is 5.81. The predicted molar refractivity (Wildman–Crippen MR) is 68.5 cm³/mol. The number of carboxylic acid groups (broad SMARTS) is 2. The fraction of sp³-hybridized carbons (Fsp3) is 0.385. The van der Waals surface area contributed by atoms with E-state index in [9.17, 15) is 0 Å². The minimum atomic E-state index is -1.82. The molecule has 0 bridgehead atoms. The molecule has 1 fully saturated rings. The van der Waals surface area contributed by atoms with Crippen LogP contribution in [0, 0.1) is 0 Å². The van der Waals surface area contributed by atoms with Crippen molar-refractivity contribution in [3.05, 3.63) is 29.8 Å². The molecule has 0 amide bonds. The van der Waals surface area contributed by atoms with E-state index in [0.717, 1.165) is 18.8 Å². The van der Waals surface area contributed by atoms with Crippen molar-refractivity contribution in [3.8, 4) is 5.75 Å². The Labute approximate surface area is 111 Å². The average molecular weight is 267 g/mol. The van der Waals surface area contributed by atoms with Crippen LogP contribution in [0.1, 0.15) is 17.9 Å². The van der Waals surface area contributed by atoms with Gasteiger partial charge < -0.3 is 20.3 Å². The third-order valence-corrected chi connectivity index (χ3v) is 2.83. The number of ether oxygens (including phenoxy) is 1. The van der Waals surface area contributed by atoms with E-state index in [4.69, 9.17) is 24.5 Å². The molecule has 6 nitrogen and oxygen atoms in total. The topological polar surface area (TPSA) is 95.9 Å². The number of carboxylic acids is 2. The summed E-state index contributed by atoms with van der Waals surface area (Å²) in [6.07, 6.45) is 1.26. The standard InChI is InChI=1S/C11H15NO.C2H2O4/c1-13-11-4-2-9(3-5-11)10-6-7-12-8-10;3-1(4)2(5)6/h2-5,10,12H,6-8H2,1H3;(H,3,4)(H,5,6). The van der Waals surface area contributed by atoms with Crippen LogP contribution in [0.4, 0.5) is 0 Å². The number of hydrogen-bond donors (Lipinski definition) is 3. The first-order valence-electron chi connectivity index (χ1n) is 5.85. The van der Waals surface area contributed by atoms with Crippen molar-refractivity contribution < 1.29 is 24.5 Å². The third kappa shape index (κ3) is 4.97. The molecule has 1 heterocycles. The Hall–Kier alpha value is -2.08. The number of methoxy groups -OCH3 is 1. The molecule has 104 valence electrons. The lowest BCUT2D eigenvalue weighted by atomic mass is 9.99. The van der Waals surface area contributed by atoms with Gasteiger partial charge >= 0.3 is 11.9 Å². The van der Waals surface area contributed by atoms with Crippen LogP contribution in [0.15, 0.2) is 24.3 Å². The average Bonchev–Trinajstić information content (AvgIpc) is 2.93. The van der Waals surface area contributed by atoms with Crippen LogP contribution >= 0.6 is 0 Å². The quantitative estimate of drug-likeness (QED) is 0.690. The second kappa shape index (κ2) is 7.38. The fourth-order valence-electron chi connectivity index (χ4n) is 1.82.